The lowest BCUT2D eigenvalue weighted by atomic mass is 10.1. The van der Waals surface area contributed by atoms with Gasteiger partial charge in [0.25, 0.3) is 0 Å². The van der Waals surface area contributed by atoms with E-state index in [1.54, 1.807) is 0 Å². The van der Waals surface area contributed by atoms with Gasteiger partial charge >= 0.3 is 0 Å². The predicted octanol–water partition coefficient (Wildman–Crippen LogP) is 3.35. The Morgan fingerprint density at radius 3 is 2.62 bits per heavy atom. The molecule has 2 nitrogen and oxygen atoms in total. The van der Waals surface area contributed by atoms with Crippen LogP contribution < -0.4 is 0 Å². The van der Waals surface area contributed by atoms with Crippen LogP contribution in [0.4, 0.5) is 0 Å². The molecule has 1 aromatic carbocycles. The van der Waals surface area contributed by atoms with Crippen LogP contribution >= 0.6 is 0 Å². The third-order valence-electron chi connectivity index (χ3n) is 2.43. The van der Waals surface area contributed by atoms with Gasteiger partial charge in [0.05, 0.1) is 6.61 Å². The zero-order valence-corrected chi connectivity index (χ0v) is 9.95. The van der Waals surface area contributed by atoms with E-state index in [1.165, 1.54) is 0 Å². The third-order valence-corrected chi connectivity index (χ3v) is 2.43. The average molecular weight is 220 g/mol. The Labute approximate surface area is 97.6 Å². The van der Waals surface area contributed by atoms with Gasteiger partial charge in [0.15, 0.2) is 5.78 Å². The lowest BCUT2D eigenvalue weighted by Gasteiger charge is -2.03. The van der Waals surface area contributed by atoms with Crippen molar-refractivity contribution in [1.82, 2.24) is 0 Å². The van der Waals surface area contributed by atoms with E-state index in [-0.39, 0.29) is 12.4 Å². The first-order valence-electron chi connectivity index (χ1n) is 5.96. The van der Waals surface area contributed by atoms with Gasteiger partial charge < -0.3 is 4.74 Å². The largest absolute Gasteiger partial charge is 0.369 e. The number of benzene rings is 1. The van der Waals surface area contributed by atoms with Gasteiger partial charge in [0.1, 0.15) is 6.61 Å². The summed E-state index contributed by atoms with van der Waals surface area (Å²) >= 11 is 0. The molecule has 0 aliphatic heterocycles. The second kappa shape index (κ2) is 8.05. The molecule has 0 bridgehead atoms. The summed E-state index contributed by atoms with van der Waals surface area (Å²) in [5.41, 5.74) is 1.11. The van der Waals surface area contributed by atoms with Crippen molar-refractivity contribution in [2.45, 2.75) is 39.2 Å². The standard InChI is InChI=1S/C14H20O2/c1-2-3-5-10-14(15)12-16-11-13-8-6-4-7-9-13/h4,6-9H,2-3,5,10-12H2,1H3. The highest BCUT2D eigenvalue weighted by Gasteiger charge is 2.01. The van der Waals surface area contributed by atoms with Gasteiger partial charge in [-0.05, 0) is 12.0 Å². The van der Waals surface area contributed by atoms with Gasteiger partial charge in [-0.15, -0.1) is 0 Å². The van der Waals surface area contributed by atoms with Crippen molar-refractivity contribution < 1.29 is 9.53 Å². The van der Waals surface area contributed by atoms with Crippen LogP contribution in [0.3, 0.4) is 0 Å². The first-order chi connectivity index (χ1) is 7.83. The molecule has 2 heteroatoms. The van der Waals surface area contributed by atoms with Crippen molar-refractivity contribution in [1.29, 1.82) is 0 Å². The molecule has 0 saturated heterocycles. The van der Waals surface area contributed by atoms with Crippen molar-refractivity contribution in [3.63, 3.8) is 0 Å². The number of rotatable bonds is 8. The van der Waals surface area contributed by atoms with E-state index >= 15 is 0 Å². The maximum absolute atomic E-state index is 11.4. The minimum atomic E-state index is 0.212. The molecule has 0 heterocycles. The van der Waals surface area contributed by atoms with E-state index in [4.69, 9.17) is 4.74 Å². The smallest absolute Gasteiger partial charge is 0.158 e. The zero-order chi connectivity index (χ0) is 11.6. The van der Waals surface area contributed by atoms with E-state index in [0.717, 1.165) is 24.8 Å². The molecular weight excluding hydrogens is 200 g/mol. The van der Waals surface area contributed by atoms with Gasteiger partial charge in [-0.25, -0.2) is 0 Å². The lowest BCUT2D eigenvalue weighted by molar-refractivity contribution is -0.124. The average Bonchev–Trinajstić information content (AvgIpc) is 2.31. The number of Topliss-reactive ketones (excluding diaryl/α,β-unsaturated/α-hetero) is 1. The number of carbonyl (C=O) groups excluding carboxylic acids is 1. The summed E-state index contributed by atoms with van der Waals surface area (Å²) in [7, 11) is 0. The minimum absolute atomic E-state index is 0.212. The molecule has 0 aliphatic carbocycles. The maximum atomic E-state index is 11.4. The highest BCUT2D eigenvalue weighted by Crippen LogP contribution is 2.03. The molecule has 16 heavy (non-hydrogen) atoms. The van der Waals surface area contributed by atoms with Crippen LogP contribution in [0.15, 0.2) is 30.3 Å². The molecule has 1 rings (SSSR count). The summed E-state index contributed by atoms with van der Waals surface area (Å²) in [6.07, 6.45) is 3.93. The molecule has 0 aromatic heterocycles. The Balaban J connectivity index is 2.09. The monoisotopic (exact) mass is 220 g/mol. The van der Waals surface area contributed by atoms with Crippen molar-refractivity contribution in [3.05, 3.63) is 35.9 Å². The molecule has 0 unspecified atom stereocenters. The maximum Gasteiger partial charge on any atom is 0.158 e. The van der Waals surface area contributed by atoms with E-state index in [9.17, 15) is 4.79 Å². The number of hydrogen-bond donors (Lipinski definition) is 0. The Hall–Kier alpha value is -1.15. The van der Waals surface area contributed by atoms with Crippen molar-refractivity contribution in [3.8, 4) is 0 Å². The van der Waals surface area contributed by atoms with Crippen LogP contribution in [0, 0.1) is 0 Å². The van der Waals surface area contributed by atoms with Gasteiger partial charge in [-0.1, -0.05) is 50.1 Å². The molecule has 0 spiro atoms. The Bertz CT molecular complexity index is 293. The van der Waals surface area contributed by atoms with Crippen LogP contribution in [0.5, 0.6) is 0 Å². The highest BCUT2D eigenvalue weighted by molar-refractivity contribution is 5.79. The molecule has 0 amide bonds. The number of unbranched alkanes of at least 4 members (excludes halogenated alkanes) is 2. The Morgan fingerprint density at radius 2 is 1.94 bits per heavy atom. The highest BCUT2D eigenvalue weighted by atomic mass is 16.5. The zero-order valence-electron chi connectivity index (χ0n) is 9.95. The summed E-state index contributed by atoms with van der Waals surface area (Å²) in [6, 6.07) is 9.92. The summed E-state index contributed by atoms with van der Waals surface area (Å²) in [6.45, 7) is 2.91. The van der Waals surface area contributed by atoms with Gasteiger partial charge in [0, 0.05) is 6.42 Å². The fraction of sp³-hybridized carbons (Fsp3) is 0.500. The first kappa shape index (κ1) is 12.9. The molecule has 0 saturated carbocycles. The SMILES string of the molecule is CCCCCC(=O)COCc1ccccc1. The number of hydrogen-bond acceptors (Lipinski definition) is 2. The van der Waals surface area contributed by atoms with Crippen LogP contribution in [0.1, 0.15) is 38.2 Å². The molecule has 88 valence electrons. The quantitative estimate of drug-likeness (QED) is 0.628. The molecule has 0 fully saturated rings. The molecule has 1 aromatic rings. The Kier molecular flexibility index (Phi) is 6.50. The fourth-order valence-electron chi connectivity index (χ4n) is 1.50. The van der Waals surface area contributed by atoms with Gasteiger partial charge in [-0.3, -0.25) is 4.79 Å². The van der Waals surface area contributed by atoms with Gasteiger partial charge in [-0.2, -0.15) is 0 Å². The number of ether oxygens (including phenoxy) is 1. The first-order valence-corrected chi connectivity index (χ1v) is 5.96. The molecular formula is C14H20O2. The van der Waals surface area contributed by atoms with Crippen molar-refractivity contribution >= 4 is 5.78 Å². The van der Waals surface area contributed by atoms with E-state index in [2.05, 4.69) is 6.92 Å². The van der Waals surface area contributed by atoms with Crippen LogP contribution in [0.25, 0.3) is 0 Å². The predicted molar refractivity (Wildman–Crippen MR) is 65.2 cm³/mol. The van der Waals surface area contributed by atoms with E-state index < -0.39 is 0 Å². The van der Waals surface area contributed by atoms with Crippen LogP contribution in [-0.2, 0) is 16.1 Å². The second-order valence-corrected chi connectivity index (χ2v) is 3.97. The molecule has 0 aliphatic rings. The summed E-state index contributed by atoms with van der Waals surface area (Å²) < 4.78 is 5.36. The summed E-state index contributed by atoms with van der Waals surface area (Å²) in [5, 5.41) is 0. The minimum Gasteiger partial charge on any atom is -0.369 e. The normalized spacial score (nSPS) is 10.3. The van der Waals surface area contributed by atoms with Crippen LogP contribution in [0.2, 0.25) is 0 Å². The van der Waals surface area contributed by atoms with Crippen LogP contribution in [-0.4, -0.2) is 12.4 Å². The number of carbonyl (C=O) groups is 1. The van der Waals surface area contributed by atoms with Gasteiger partial charge in [0.2, 0.25) is 0 Å². The van der Waals surface area contributed by atoms with Crippen molar-refractivity contribution in [2.75, 3.05) is 6.61 Å². The fourth-order valence-corrected chi connectivity index (χ4v) is 1.50. The molecule has 0 N–H and O–H groups in total. The summed E-state index contributed by atoms with van der Waals surface area (Å²) in [5.74, 6) is 0.212. The molecule has 0 radical (unpaired) electrons. The topological polar surface area (TPSA) is 26.3 Å². The third kappa shape index (κ3) is 5.66. The lowest BCUT2D eigenvalue weighted by Crippen LogP contribution is -2.08. The Morgan fingerprint density at radius 1 is 1.19 bits per heavy atom. The van der Waals surface area contributed by atoms with Crippen molar-refractivity contribution in [2.24, 2.45) is 0 Å². The molecule has 0 atom stereocenters. The summed E-state index contributed by atoms with van der Waals surface area (Å²) in [4.78, 5) is 11.4. The number of ketones is 1. The van der Waals surface area contributed by atoms with E-state index in [1.807, 2.05) is 30.3 Å². The second-order valence-electron chi connectivity index (χ2n) is 3.97. The van der Waals surface area contributed by atoms with E-state index in [0.29, 0.717) is 13.0 Å².